The molecule has 0 spiro atoms. The fourth-order valence-electron chi connectivity index (χ4n) is 4.16. The highest BCUT2D eigenvalue weighted by atomic mass is 35.5. The van der Waals surface area contributed by atoms with Crippen LogP contribution < -0.4 is 20.7 Å². The summed E-state index contributed by atoms with van der Waals surface area (Å²) >= 11 is 18.9. The second-order valence-electron chi connectivity index (χ2n) is 9.29. The van der Waals surface area contributed by atoms with Crippen LogP contribution in [0.2, 0.25) is 15.1 Å². The lowest BCUT2D eigenvalue weighted by Crippen LogP contribution is -2.23. The number of benzene rings is 3. The zero-order chi connectivity index (χ0) is 31.5. The molecule has 0 unspecified atom stereocenters. The number of aryl methyl sites for hydroxylation is 1. The second kappa shape index (κ2) is 13.0. The minimum Gasteiger partial charge on any atom is -0.487 e. The van der Waals surface area contributed by atoms with Crippen molar-refractivity contribution in [2.45, 2.75) is 13.0 Å². The maximum Gasteiger partial charge on any atom is 0.272 e. The SMILES string of the molecule is Cn1c(Nc2c(Cl)ccc(CNC(=O)c3ccn[nH]3)c2Cl)nc2cc(C(=O)Nc3ccc(F)c(Cl)c3)c(OCC(F)F)cc21. The first-order chi connectivity index (χ1) is 21.0. The number of amides is 2. The number of nitrogens with one attached hydrogen (secondary N) is 4. The lowest BCUT2D eigenvalue weighted by molar-refractivity contribution is 0.0804. The number of H-pyrrole nitrogens is 1. The fourth-order valence-corrected chi connectivity index (χ4v) is 4.88. The fraction of sp³-hybridized carbons (Fsp3) is 0.143. The van der Waals surface area contributed by atoms with Crippen molar-refractivity contribution in [3.05, 3.63) is 92.4 Å². The van der Waals surface area contributed by atoms with E-state index in [-0.39, 0.29) is 56.2 Å². The van der Waals surface area contributed by atoms with Crippen LogP contribution in [0.25, 0.3) is 11.0 Å². The number of aromatic nitrogens is 4. The molecule has 0 atom stereocenters. The molecule has 5 rings (SSSR count). The molecule has 0 bridgehead atoms. The van der Waals surface area contributed by atoms with Gasteiger partial charge in [0.25, 0.3) is 18.2 Å². The van der Waals surface area contributed by atoms with E-state index >= 15 is 0 Å². The molecule has 5 aromatic rings. The summed E-state index contributed by atoms with van der Waals surface area (Å²) < 4.78 is 46.5. The molecular weight excluding hydrogens is 646 g/mol. The third-order valence-electron chi connectivity index (χ3n) is 6.36. The summed E-state index contributed by atoms with van der Waals surface area (Å²) in [6.07, 6.45) is -1.35. The van der Waals surface area contributed by atoms with Crippen molar-refractivity contribution >= 4 is 75.0 Å². The van der Waals surface area contributed by atoms with Crippen molar-refractivity contribution in [2.75, 3.05) is 17.2 Å². The average Bonchev–Trinajstić information content (AvgIpc) is 3.63. The number of rotatable bonds is 10. The normalized spacial score (nSPS) is 11.2. The maximum absolute atomic E-state index is 13.6. The van der Waals surface area contributed by atoms with Gasteiger partial charge in [-0.3, -0.25) is 14.7 Å². The number of fused-ring (bicyclic) bond motifs is 1. The van der Waals surface area contributed by atoms with Gasteiger partial charge in [0.1, 0.15) is 23.9 Å². The highest BCUT2D eigenvalue weighted by molar-refractivity contribution is 6.39. The largest absolute Gasteiger partial charge is 0.487 e. The number of alkyl halides is 2. The smallest absolute Gasteiger partial charge is 0.272 e. The highest BCUT2D eigenvalue weighted by Gasteiger charge is 2.21. The number of hydrogen-bond acceptors (Lipinski definition) is 6. The van der Waals surface area contributed by atoms with E-state index in [2.05, 4.69) is 31.1 Å². The summed E-state index contributed by atoms with van der Waals surface area (Å²) in [6, 6.07) is 11.1. The molecule has 0 aliphatic carbocycles. The maximum atomic E-state index is 13.6. The van der Waals surface area contributed by atoms with Crippen LogP contribution in [-0.2, 0) is 13.6 Å². The summed E-state index contributed by atoms with van der Waals surface area (Å²) in [4.78, 5) is 30.0. The van der Waals surface area contributed by atoms with Crippen molar-refractivity contribution in [1.82, 2.24) is 25.1 Å². The van der Waals surface area contributed by atoms with Gasteiger partial charge in [-0.25, -0.2) is 18.2 Å². The Kier molecular flexibility index (Phi) is 9.18. The van der Waals surface area contributed by atoms with Crippen LogP contribution in [0.4, 0.5) is 30.5 Å². The Labute approximate surface area is 262 Å². The van der Waals surface area contributed by atoms with Gasteiger partial charge in [-0.15, -0.1) is 0 Å². The standard InChI is InChI=1S/C28H21Cl3F3N7O3/c1-41-21-10-22(44-12-23(33)34)15(26(42)37-14-3-5-18(32)17(30)8-14)9-20(21)38-28(41)39-25-16(29)4-2-13(24(25)31)11-35-27(43)19-6-7-36-40-19/h2-10,23H,11-12H2,1H3,(H,35,43)(H,36,40)(H,37,42)(H,38,39). The number of ether oxygens (including phenoxy) is 1. The molecule has 4 N–H and O–H groups in total. The molecule has 16 heteroatoms. The number of aromatic amines is 1. The third kappa shape index (κ3) is 6.69. The molecular formula is C28H21Cl3F3N7O3. The van der Waals surface area contributed by atoms with Crippen LogP contribution in [-0.4, -0.2) is 44.6 Å². The molecule has 0 aliphatic heterocycles. The lowest BCUT2D eigenvalue weighted by Gasteiger charge is -2.14. The number of hydrogen-bond donors (Lipinski definition) is 4. The van der Waals surface area contributed by atoms with Crippen molar-refractivity contribution in [3.63, 3.8) is 0 Å². The molecule has 0 aliphatic rings. The monoisotopic (exact) mass is 665 g/mol. The van der Waals surface area contributed by atoms with Gasteiger partial charge < -0.3 is 25.3 Å². The molecule has 2 aromatic heterocycles. The Morgan fingerprint density at radius 2 is 1.84 bits per heavy atom. The Bertz CT molecular complexity index is 1870. The van der Waals surface area contributed by atoms with E-state index in [0.29, 0.717) is 22.3 Å². The Hall–Kier alpha value is -4.46. The van der Waals surface area contributed by atoms with Gasteiger partial charge in [-0.2, -0.15) is 5.10 Å². The van der Waals surface area contributed by atoms with Gasteiger partial charge in [0.15, 0.2) is 0 Å². The molecule has 10 nitrogen and oxygen atoms in total. The van der Waals surface area contributed by atoms with Gasteiger partial charge in [0.05, 0.1) is 37.4 Å². The molecule has 228 valence electrons. The van der Waals surface area contributed by atoms with E-state index in [1.807, 2.05) is 0 Å². The van der Waals surface area contributed by atoms with Gasteiger partial charge in [0, 0.05) is 31.5 Å². The van der Waals surface area contributed by atoms with Crippen molar-refractivity contribution in [2.24, 2.45) is 7.05 Å². The zero-order valence-electron chi connectivity index (χ0n) is 22.5. The van der Waals surface area contributed by atoms with E-state index in [1.54, 1.807) is 23.7 Å². The topological polar surface area (TPSA) is 126 Å². The predicted octanol–water partition coefficient (Wildman–Crippen LogP) is 6.97. The van der Waals surface area contributed by atoms with Crippen LogP contribution in [0.1, 0.15) is 26.4 Å². The quantitative estimate of drug-likeness (QED) is 0.128. The number of carbonyl (C=O) groups is 2. The molecule has 0 radical (unpaired) electrons. The number of nitrogens with zero attached hydrogens (tertiary/aromatic N) is 3. The van der Waals surface area contributed by atoms with Crippen LogP contribution >= 0.6 is 34.8 Å². The second-order valence-corrected chi connectivity index (χ2v) is 10.5. The third-order valence-corrected chi connectivity index (χ3v) is 7.40. The minimum absolute atomic E-state index is 0.0770. The van der Waals surface area contributed by atoms with Crippen molar-refractivity contribution in [3.8, 4) is 5.75 Å². The first kappa shape index (κ1) is 31.0. The number of carbonyl (C=O) groups excluding carboxylic acids is 2. The molecule has 0 saturated heterocycles. The van der Waals surface area contributed by atoms with Crippen LogP contribution in [0.3, 0.4) is 0 Å². The summed E-state index contributed by atoms with van der Waals surface area (Å²) in [5.41, 5.74) is 1.92. The van der Waals surface area contributed by atoms with E-state index < -0.39 is 24.8 Å². The van der Waals surface area contributed by atoms with Gasteiger partial charge in [-0.1, -0.05) is 40.9 Å². The molecule has 3 aromatic carbocycles. The first-order valence-corrected chi connectivity index (χ1v) is 13.8. The zero-order valence-corrected chi connectivity index (χ0v) is 24.8. The molecule has 2 heterocycles. The van der Waals surface area contributed by atoms with Crippen LogP contribution in [0.5, 0.6) is 5.75 Å². The Morgan fingerprint density at radius 1 is 1.05 bits per heavy atom. The summed E-state index contributed by atoms with van der Waals surface area (Å²) in [7, 11) is 1.64. The first-order valence-electron chi connectivity index (χ1n) is 12.7. The van der Waals surface area contributed by atoms with E-state index in [4.69, 9.17) is 39.5 Å². The number of anilines is 3. The van der Waals surface area contributed by atoms with Gasteiger partial charge in [0.2, 0.25) is 5.95 Å². The van der Waals surface area contributed by atoms with E-state index in [1.165, 1.54) is 36.5 Å². The molecule has 0 fully saturated rings. The Balaban J connectivity index is 1.45. The van der Waals surface area contributed by atoms with Crippen LogP contribution in [0, 0.1) is 5.82 Å². The van der Waals surface area contributed by atoms with Gasteiger partial charge >= 0.3 is 0 Å². The molecule has 44 heavy (non-hydrogen) atoms. The number of imidazole rings is 1. The Morgan fingerprint density at radius 3 is 2.55 bits per heavy atom. The molecule has 0 saturated carbocycles. The van der Waals surface area contributed by atoms with Crippen molar-refractivity contribution < 1.29 is 27.5 Å². The predicted molar refractivity (Wildman–Crippen MR) is 161 cm³/mol. The lowest BCUT2D eigenvalue weighted by atomic mass is 10.1. The summed E-state index contributed by atoms with van der Waals surface area (Å²) in [5, 5.41) is 14.9. The van der Waals surface area contributed by atoms with Crippen LogP contribution in [0.15, 0.2) is 54.7 Å². The summed E-state index contributed by atoms with van der Waals surface area (Å²) in [6.45, 7) is -0.889. The van der Waals surface area contributed by atoms with Gasteiger partial charge in [-0.05, 0) is 42.0 Å². The van der Waals surface area contributed by atoms with E-state index in [0.717, 1.165) is 6.07 Å². The summed E-state index contributed by atoms with van der Waals surface area (Å²) in [5.74, 6) is -1.68. The van der Waals surface area contributed by atoms with Crippen molar-refractivity contribution in [1.29, 1.82) is 0 Å². The highest BCUT2D eigenvalue weighted by Crippen LogP contribution is 2.37. The minimum atomic E-state index is -2.80. The van der Waals surface area contributed by atoms with E-state index in [9.17, 15) is 22.8 Å². The average molecular weight is 667 g/mol. The number of halogens is 6. The molecule has 2 amide bonds.